The average molecular weight is 545 g/mol. The zero-order valence-corrected chi connectivity index (χ0v) is 28.6. The van der Waals surface area contributed by atoms with Crippen LogP contribution >= 0.6 is 0 Å². The van der Waals surface area contributed by atoms with Crippen LogP contribution in [0.5, 0.6) is 0 Å². The lowest BCUT2D eigenvalue weighted by atomic mass is 10.1. The van der Waals surface area contributed by atoms with Gasteiger partial charge in [-0.2, -0.15) is 0 Å². The maximum atomic E-state index is 3.87. The van der Waals surface area contributed by atoms with E-state index in [-0.39, 0.29) is 0 Å². The van der Waals surface area contributed by atoms with Crippen LogP contribution in [0.3, 0.4) is 0 Å². The molecule has 0 aromatic carbocycles. The summed E-state index contributed by atoms with van der Waals surface area (Å²) in [5.74, 6) is 0. The molecule has 0 aliphatic rings. The maximum absolute atomic E-state index is 3.87. The molecule has 0 aliphatic heterocycles. The number of hydrogen-bond donors (Lipinski definition) is 0. The highest BCUT2D eigenvalue weighted by molar-refractivity contribution is 5.25. The molecule has 0 amide bonds. The quantitative estimate of drug-likeness (QED) is 0.169. The molecule has 0 N–H and O–H groups in total. The van der Waals surface area contributed by atoms with E-state index in [1.165, 1.54) is 33.4 Å². The second-order valence-corrected chi connectivity index (χ2v) is 10.1. The van der Waals surface area contributed by atoms with Gasteiger partial charge in [-0.25, -0.2) is 0 Å². The topological polar surface area (TPSA) is 0 Å². The Morgan fingerprint density at radius 3 is 1.30 bits per heavy atom. The van der Waals surface area contributed by atoms with Crippen LogP contribution in [0.4, 0.5) is 0 Å². The second-order valence-electron chi connectivity index (χ2n) is 10.1. The summed E-state index contributed by atoms with van der Waals surface area (Å²) in [5.41, 5.74) is 10.4. The van der Waals surface area contributed by atoms with Crippen molar-refractivity contribution in [2.45, 2.75) is 109 Å². The fraction of sp³-hybridized carbons (Fsp3) is 0.400. The van der Waals surface area contributed by atoms with Crippen LogP contribution in [0.15, 0.2) is 144 Å². The highest BCUT2D eigenvalue weighted by atomic mass is 14.0. The van der Waals surface area contributed by atoms with Crippen molar-refractivity contribution >= 4 is 0 Å². The van der Waals surface area contributed by atoms with Gasteiger partial charge in [0.05, 0.1) is 0 Å². The van der Waals surface area contributed by atoms with E-state index >= 15 is 0 Å². The minimum atomic E-state index is 1.04. The SMILES string of the molecule is C=C(C)C(C)=CCC(C)=CC.C=C(C)C=CCC(C)=CC.C=CC(C)=CCC(C)=CC.C=CC=CCC(C)=CC. The zero-order valence-electron chi connectivity index (χ0n) is 28.6. The van der Waals surface area contributed by atoms with E-state index < -0.39 is 0 Å². The molecule has 0 nitrogen and oxygen atoms in total. The van der Waals surface area contributed by atoms with Crippen LogP contribution in [0.2, 0.25) is 0 Å². The van der Waals surface area contributed by atoms with E-state index in [1.54, 1.807) is 6.08 Å². The molecule has 224 valence electrons. The summed E-state index contributed by atoms with van der Waals surface area (Å²) in [4.78, 5) is 0. The van der Waals surface area contributed by atoms with Crippen molar-refractivity contribution in [3.8, 4) is 0 Å². The van der Waals surface area contributed by atoms with Crippen molar-refractivity contribution < 1.29 is 0 Å². The van der Waals surface area contributed by atoms with Crippen LogP contribution in [0, 0.1) is 0 Å². The Kier molecular flexibility index (Phi) is 35.2. The fourth-order valence-electron chi connectivity index (χ4n) is 2.16. The van der Waals surface area contributed by atoms with E-state index in [0.717, 1.165) is 36.8 Å². The minimum absolute atomic E-state index is 1.04. The van der Waals surface area contributed by atoms with Gasteiger partial charge in [-0.1, -0.05) is 144 Å². The summed E-state index contributed by atoms with van der Waals surface area (Å²) in [6, 6.07) is 0. The Labute approximate surface area is 252 Å². The molecule has 0 saturated carbocycles. The Bertz CT molecular complexity index is 956. The number of hydrogen-bond acceptors (Lipinski definition) is 0. The first-order valence-electron chi connectivity index (χ1n) is 14.4. The molecule has 0 rings (SSSR count). The van der Waals surface area contributed by atoms with E-state index in [4.69, 9.17) is 0 Å². The molecule has 0 heteroatoms. The molecule has 0 aliphatic carbocycles. The van der Waals surface area contributed by atoms with Gasteiger partial charge >= 0.3 is 0 Å². The van der Waals surface area contributed by atoms with Crippen molar-refractivity contribution in [1.29, 1.82) is 0 Å². The molecule has 40 heavy (non-hydrogen) atoms. The second kappa shape index (κ2) is 32.1. The first kappa shape index (κ1) is 43.9. The lowest BCUT2D eigenvalue weighted by molar-refractivity contribution is 1.17. The van der Waals surface area contributed by atoms with Gasteiger partial charge in [0.15, 0.2) is 0 Å². The van der Waals surface area contributed by atoms with Crippen molar-refractivity contribution in [2.24, 2.45) is 0 Å². The first-order chi connectivity index (χ1) is 18.7. The van der Waals surface area contributed by atoms with Gasteiger partial charge in [0, 0.05) is 0 Å². The highest BCUT2D eigenvalue weighted by Gasteiger charge is 1.89. The Hall–Kier alpha value is -3.12. The molecular formula is C40H64. The van der Waals surface area contributed by atoms with Gasteiger partial charge in [-0.15, -0.1) is 0 Å². The summed E-state index contributed by atoms with van der Waals surface area (Å²) in [7, 11) is 0. The smallest absolute Gasteiger partial charge is 0.0136 e. The van der Waals surface area contributed by atoms with Gasteiger partial charge < -0.3 is 0 Å². The maximum Gasteiger partial charge on any atom is -0.0136 e. The number of rotatable bonds is 12. The first-order valence-corrected chi connectivity index (χ1v) is 14.4. The summed E-state index contributed by atoms with van der Waals surface area (Å²) in [5, 5.41) is 0. The van der Waals surface area contributed by atoms with Gasteiger partial charge in [-0.05, 0) is 109 Å². The molecule has 0 bridgehead atoms. The third-order valence-electron chi connectivity index (χ3n) is 6.00. The Morgan fingerprint density at radius 1 is 0.550 bits per heavy atom. The normalized spacial score (nSPS) is 13.0. The van der Waals surface area contributed by atoms with E-state index in [0.29, 0.717) is 0 Å². The van der Waals surface area contributed by atoms with Crippen LogP contribution < -0.4 is 0 Å². The molecule has 0 radical (unpaired) electrons. The van der Waals surface area contributed by atoms with Crippen molar-refractivity contribution in [1.82, 2.24) is 0 Å². The number of allylic oxidation sites excluding steroid dienone is 20. The fourth-order valence-corrected chi connectivity index (χ4v) is 2.16. The van der Waals surface area contributed by atoms with Gasteiger partial charge in [0.1, 0.15) is 0 Å². The monoisotopic (exact) mass is 545 g/mol. The summed E-state index contributed by atoms with van der Waals surface area (Å²) >= 11 is 0. The van der Waals surface area contributed by atoms with Gasteiger partial charge in [0.2, 0.25) is 0 Å². The van der Waals surface area contributed by atoms with Crippen molar-refractivity contribution in [2.75, 3.05) is 0 Å². The predicted octanol–water partition coefficient (Wildman–Crippen LogP) is 13.9. The molecule has 0 heterocycles. The third-order valence-corrected chi connectivity index (χ3v) is 6.00. The Balaban J connectivity index is -0.000000217. The van der Waals surface area contributed by atoms with Crippen LogP contribution in [-0.4, -0.2) is 0 Å². The van der Waals surface area contributed by atoms with Crippen molar-refractivity contribution in [3.63, 3.8) is 0 Å². The lowest BCUT2D eigenvalue weighted by Gasteiger charge is -1.98. The van der Waals surface area contributed by atoms with Crippen molar-refractivity contribution in [3.05, 3.63) is 144 Å². The summed E-state index contributed by atoms with van der Waals surface area (Å²) in [6.07, 6.45) is 29.0. The predicted molar refractivity (Wildman–Crippen MR) is 192 cm³/mol. The molecule has 0 unspecified atom stereocenters. The summed E-state index contributed by atoms with van der Waals surface area (Å²) < 4.78 is 0. The van der Waals surface area contributed by atoms with Crippen LogP contribution in [0.25, 0.3) is 0 Å². The molecule has 0 spiro atoms. The van der Waals surface area contributed by atoms with Crippen LogP contribution in [-0.2, 0) is 0 Å². The molecule has 0 atom stereocenters. The zero-order chi connectivity index (χ0) is 31.9. The largest absolute Gasteiger partial charge is 0.0991 e. The molecule has 0 aromatic rings. The van der Waals surface area contributed by atoms with Gasteiger partial charge in [0.25, 0.3) is 0 Å². The third kappa shape index (κ3) is 39.4. The lowest BCUT2D eigenvalue weighted by Crippen LogP contribution is -1.78. The molecule has 0 fully saturated rings. The molecule has 0 saturated heterocycles. The minimum Gasteiger partial charge on any atom is -0.0991 e. The van der Waals surface area contributed by atoms with E-state index in [1.807, 2.05) is 32.1 Å². The molecular weight excluding hydrogens is 480 g/mol. The standard InChI is InChI=1S/C11H18.2C10H16.C9H14/c1-6-10(4)7-8-11(5)9(2)3;1-5-10(4)8-6-7-9(2)3;1-5-9(3)7-8-10(4)6-2;1-4-6-7-8-9(3)5-2/h6,8H,2,7H2,1,3-5H3;5-7H,2,8H2,1,3-4H3;5-7H,1,8H2,2-4H3;4-7H,1,8H2,2-3H3. The van der Waals surface area contributed by atoms with Gasteiger partial charge in [-0.3, -0.25) is 0 Å². The molecule has 0 aromatic heterocycles. The summed E-state index contributed by atoms with van der Waals surface area (Å²) in [6.45, 7) is 39.9. The van der Waals surface area contributed by atoms with Crippen LogP contribution in [0.1, 0.15) is 109 Å². The Morgan fingerprint density at radius 2 is 0.950 bits per heavy atom. The average Bonchev–Trinajstić information content (AvgIpc) is 2.94. The van der Waals surface area contributed by atoms with E-state index in [9.17, 15) is 0 Å². The highest BCUT2D eigenvalue weighted by Crippen LogP contribution is 2.09. The van der Waals surface area contributed by atoms with E-state index in [2.05, 4.69) is 144 Å².